The molecule has 2 nitrogen and oxygen atoms in total. The number of halogens is 2. The highest BCUT2D eigenvalue weighted by Gasteiger charge is 2.49. The Kier molecular flexibility index (Phi) is 3.32. The van der Waals surface area contributed by atoms with Crippen molar-refractivity contribution in [3.05, 3.63) is 28.8 Å². The average Bonchev–Trinajstić information content (AvgIpc) is 3.08. The van der Waals surface area contributed by atoms with Crippen molar-refractivity contribution < 1.29 is 13.5 Å². The summed E-state index contributed by atoms with van der Waals surface area (Å²) in [6.45, 7) is 3.75. The smallest absolute Gasteiger partial charge is 0.267 e. The van der Waals surface area contributed by atoms with E-state index in [0.29, 0.717) is 5.75 Å². The Bertz CT molecular complexity index is 453. The van der Waals surface area contributed by atoms with Crippen LogP contribution in [0.25, 0.3) is 0 Å². The molecule has 2 rings (SSSR count). The fourth-order valence-electron chi connectivity index (χ4n) is 2.67. The zero-order valence-corrected chi connectivity index (χ0v) is 11.0. The highest BCUT2D eigenvalue weighted by molar-refractivity contribution is 5.52. The van der Waals surface area contributed by atoms with Crippen molar-refractivity contribution in [3.8, 4) is 5.75 Å². The maximum absolute atomic E-state index is 13.1. The topological polar surface area (TPSA) is 35.2 Å². The molecule has 18 heavy (non-hydrogen) atoms. The minimum absolute atomic E-state index is 0.0283. The van der Waals surface area contributed by atoms with E-state index < -0.39 is 6.43 Å². The monoisotopic (exact) mass is 255 g/mol. The molecule has 0 amide bonds. The lowest BCUT2D eigenvalue weighted by atomic mass is 9.86. The van der Waals surface area contributed by atoms with Gasteiger partial charge in [-0.15, -0.1) is 0 Å². The van der Waals surface area contributed by atoms with E-state index in [0.717, 1.165) is 24.0 Å². The van der Waals surface area contributed by atoms with Gasteiger partial charge in [-0.25, -0.2) is 8.78 Å². The first-order valence-corrected chi connectivity index (χ1v) is 6.15. The fraction of sp³-hybridized carbons (Fsp3) is 0.571. The molecule has 100 valence electrons. The lowest BCUT2D eigenvalue weighted by Crippen LogP contribution is -2.32. The number of nitrogens with two attached hydrogens (primary N) is 1. The van der Waals surface area contributed by atoms with Crippen LogP contribution in [0.5, 0.6) is 5.75 Å². The average molecular weight is 255 g/mol. The minimum atomic E-state index is -2.53. The second kappa shape index (κ2) is 4.50. The summed E-state index contributed by atoms with van der Waals surface area (Å²) in [5, 5.41) is 0. The zero-order chi connectivity index (χ0) is 13.5. The van der Waals surface area contributed by atoms with E-state index in [9.17, 15) is 8.78 Å². The van der Waals surface area contributed by atoms with Crippen LogP contribution >= 0.6 is 0 Å². The Labute approximate surface area is 106 Å². The quantitative estimate of drug-likeness (QED) is 0.895. The molecule has 1 aromatic rings. The SMILES string of the molecule is COc1c(C(F)F)cc(C)cc1C1(C(C)N)CC1. The summed E-state index contributed by atoms with van der Waals surface area (Å²) in [7, 11) is 1.44. The molecule has 0 aromatic heterocycles. The molecule has 1 aliphatic rings. The Morgan fingerprint density at radius 1 is 1.33 bits per heavy atom. The number of hydrogen-bond donors (Lipinski definition) is 1. The van der Waals surface area contributed by atoms with Gasteiger partial charge >= 0.3 is 0 Å². The van der Waals surface area contributed by atoms with Gasteiger partial charge in [0.05, 0.1) is 12.7 Å². The molecule has 1 aliphatic carbocycles. The van der Waals surface area contributed by atoms with Crippen LogP contribution in [0.2, 0.25) is 0 Å². The van der Waals surface area contributed by atoms with Crippen molar-refractivity contribution in [2.45, 2.75) is 44.6 Å². The Morgan fingerprint density at radius 2 is 1.94 bits per heavy atom. The maximum Gasteiger partial charge on any atom is 0.267 e. The number of aryl methyl sites for hydroxylation is 1. The number of benzene rings is 1. The standard InChI is InChI=1S/C14H19F2NO/c1-8-6-10(13(15)16)12(18-3)11(7-8)14(4-5-14)9(2)17/h6-7,9,13H,4-5,17H2,1-3H3. The van der Waals surface area contributed by atoms with Crippen molar-refractivity contribution >= 4 is 0 Å². The molecule has 0 spiro atoms. The summed E-state index contributed by atoms with van der Waals surface area (Å²) in [6, 6.07) is 3.37. The molecule has 1 fully saturated rings. The summed E-state index contributed by atoms with van der Waals surface area (Å²) < 4.78 is 31.4. The van der Waals surface area contributed by atoms with Crippen LogP contribution in [-0.2, 0) is 5.41 Å². The molecule has 0 radical (unpaired) electrons. The molecule has 1 atom stereocenters. The highest BCUT2D eigenvalue weighted by Crippen LogP contribution is 2.54. The van der Waals surface area contributed by atoms with Gasteiger partial charge in [-0.3, -0.25) is 0 Å². The third kappa shape index (κ3) is 1.99. The van der Waals surface area contributed by atoms with Gasteiger partial charge in [0.1, 0.15) is 5.75 Å². The van der Waals surface area contributed by atoms with Crippen molar-refractivity contribution in [1.29, 1.82) is 0 Å². The second-order valence-electron chi connectivity index (χ2n) is 5.18. The van der Waals surface area contributed by atoms with Crippen LogP contribution in [0, 0.1) is 6.92 Å². The van der Waals surface area contributed by atoms with E-state index in [2.05, 4.69) is 0 Å². The van der Waals surface area contributed by atoms with E-state index in [-0.39, 0.29) is 17.0 Å². The van der Waals surface area contributed by atoms with E-state index in [1.54, 1.807) is 0 Å². The number of hydrogen-bond acceptors (Lipinski definition) is 2. The van der Waals surface area contributed by atoms with E-state index in [1.165, 1.54) is 13.2 Å². The van der Waals surface area contributed by atoms with Gasteiger partial charge in [-0.05, 0) is 32.8 Å². The van der Waals surface area contributed by atoms with Crippen molar-refractivity contribution in [3.63, 3.8) is 0 Å². The minimum Gasteiger partial charge on any atom is -0.496 e. The highest BCUT2D eigenvalue weighted by atomic mass is 19.3. The number of alkyl halides is 2. The first-order chi connectivity index (χ1) is 8.42. The van der Waals surface area contributed by atoms with Gasteiger partial charge in [-0.2, -0.15) is 0 Å². The van der Waals surface area contributed by atoms with Crippen LogP contribution in [0.1, 0.15) is 42.9 Å². The van der Waals surface area contributed by atoms with Crippen LogP contribution < -0.4 is 10.5 Å². The molecule has 1 saturated carbocycles. The molecule has 2 N–H and O–H groups in total. The molecule has 0 bridgehead atoms. The van der Waals surface area contributed by atoms with Crippen molar-refractivity contribution in [2.24, 2.45) is 5.73 Å². The summed E-state index contributed by atoms with van der Waals surface area (Å²) in [4.78, 5) is 0. The summed E-state index contributed by atoms with van der Waals surface area (Å²) in [6.07, 6.45) is -0.650. The lowest BCUT2D eigenvalue weighted by Gasteiger charge is -2.24. The third-order valence-corrected chi connectivity index (χ3v) is 3.90. The summed E-state index contributed by atoms with van der Waals surface area (Å²) in [5.74, 6) is 0.311. The van der Waals surface area contributed by atoms with Gasteiger partial charge in [0.2, 0.25) is 0 Å². The Hall–Kier alpha value is -1.16. The molecule has 1 aromatic carbocycles. The molecule has 1 unspecified atom stereocenters. The van der Waals surface area contributed by atoms with Gasteiger partial charge in [0.15, 0.2) is 0 Å². The van der Waals surface area contributed by atoms with Crippen molar-refractivity contribution in [2.75, 3.05) is 7.11 Å². The first-order valence-electron chi connectivity index (χ1n) is 6.15. The maximum atomic E-state index is 13.1. The van der Waals surface area contributed by atoms with E-state index >= 15 is 0 Å². The van der Waals surface area contributed by atoms with Crippen LogP contribution in [-0.4, -0.2) is 13.2 Å². The molecular formula is C14H19F2NO. The largest absolute Gasteiger partial charge is 0.496 e. The van der Waals surface area contributed by atoms with Crippen molar-refractivity contribution in [1.82, 2.24) is 0 Å². The summed E-state index contributed by atoms with van der Waals surface area (Å²) in [5.41, 5.74) is 7.48. The van der Waals surface area contributed by atoms with Gasteiger partial charge in [0, 0.05) is 17.0 Å². The Balaban J connectivity index is 2.60. The molecule has 0 saturated heterocycles. The summed E-state index contributed by atoms with van der Waals surface area (Å²) >= 11 is 0. The molecular weight excluding hydrogens is 236 g/mol. The van der Waals surface area contributed by atoms with Crippen LogP contribution in [0.3, 0.4) is 0 Å². The lowest BCUT2D eigenvalue weighted by molar-refractivity contribution is 0.146. The first kappa shape index (κ1) is 13.3. The Morgan fingerprint density at radius 3 is 2.33 bits per heavy atom. The third-order valence-electron chi connectivity index (χ3n) is 3.90. The van der Waals surface area contributed by atoms with Gasteiger partial charge in [0.25, 0.3) is 6.43 Å². The second-order valence-corrected chi connectivity index (χ2v) is 5.18. The number of methoxy groups -OCH3 is 1. The number of rotatable bonds is 4. The molecule has 0 heterocycles. The number of ether oxygens (including phenoxy) is 1. The zero-order valence-electron chi connectivity index (χ0n) is 11.0. The fourth-order valence-corrected chi connectivity index (χ4v) is 2.67. The normalized spacial score (nSPS) is 18.8. The molecule has 0 aliphatic heterocycles. The predicted octanol–water partition coefficient (Wildman–Crippen LogP) is 3.32. The predicted molar refractivity (Wildman–Crippen MR) is 67.2 cm³/mol. The van der Waals surface area contributed by atoms with Crippen LogP contribution in [0.15, 0.2) is 12.1 Å². The van der Waals surface area contributed by atoms with Gasteiger partial charge in [-0.1, -0.05) is 11.6 Å². The van der Waals surface area contributed by atoms with Crippen LogP contribution in [0.4, 0.5) is 8.78 Å². The van der Waals surface area contributed by atoms with E-state index in [1.807, 2.05) is 19.9 Å². The van der Waals surface area contributed by atoms with E-state index in [4.69, 9.17) is 10.5 Å². The molecule has 4 heteroatoms. The van der Waals surface area contributed by atoms with Gasteiger partial charge < -0.3 is 10.5 Å².